The highest BCUT2D eigenvalue weighted by Crippen LogP contribution is 2.17. The van der Waals surface area contributed by atoms with Gasteiger partial charge in [0.15, 0.2) is 0 Å². The molecule has 0 saturated carbocycles. The largest absolute Gasteiger partial charge is 0.338 e. The first-order valence-corrected chi connectivity index (χ1v) is 6.61. The quantitative estimate of drug-likeness (QED) is 0.887. The molecule has 0 fully saturated rings. The van der Waals surface area contributed by atoms with Crippen molar-refractivity contribution in [1.82, 2.24) is 15.0 Å². The van der Waals surface area contributed by atoms with Crippen molar-refractivity contribution in [3.05, 3.63) is 35.7 Å². The number of halogens is 1. The molecule has 0 unspecified atom stereocenters. The molecular formula is C14H21ClN4O. The van der Waals surface area contributed by atoms with Crippen molar-refractivity contribution >= 4 is 12.4 Å². The number of hydrogen-bond donors (Lipinski definition) is 1. The van der Waals surface area contributed by atoms with E-state index < -0.39 is 0 Å². The molecule has 110 valence electrons. The van der Waals surface area contributed by atoms with Crippen LogP contribution in [0.5, 0.6) is 0 Å². The fourth-order valence-electron chi connectivity index (χ4n) is 1.86. The van der Waals surface area contributed by atoms with Gasteiger partial charge in [-0.1, -0.05) is 43.3 Å². The highest BCUT2D eigenvalue weighted by Gasteiger charge is 2.10. The normalized spacial score (nSPS) is 10.6. The Morgan fingerprint density at radius 2 is 1.80 bits per heavy atom. The lowest BCUT2D eigenvalue weighted by molar-refractivity contribution is 0.246. The maximum atomic E-state index is 5.57. The summed E-state index contributed by atoms with van der Waals surface area (Å²) in [7, 11) is 0. The molecule has 0 aliphatic heterocycles. The lowest BCUT2D eigenvalue weighted by atomic mass is 10.1. The molecule has 0 radical (unpaired) electrons. The van der Waals surface area contributed by atoms with Crippen molar-refractivity contribution in [3.8, 4) is 11.4 Å². The summed E-state index contributed by atoms with van der Waals surface area (Å²) < 4.78 is 5.28. The van der Waals surface area contributed by atoms with E-state index >= 15 is 0 Å². The molecule has 1 aromatic carbocycles. The van der Waals surface area contributed by atoms with Crippen LogP contribution >= 0.6 is 12.4 Å². The van der Waals surface area contributed by atoms with Gasteiger partial charge in [-0.05, 0) is 18.7 Å². The third kappa shape index (κ3) is 4.03. The number of hydrogen-bond acceptors (Lipinski definition) is 5. The highest BCUT2D eigenvalue weighted by atomic mass is 35.5. The van der Waals surface area contributed by atoms with Crippen molar-refractivity contribution in [2.75, 3.05) is 13.1 Å². The number of nitrogens with zero attached hydrogens (tertiary/aromatic N) is 3. The van der Waals surface area contributed by atoms with Gasteiger partial charge < -0.3 is 10.3 Å². The van der Waals surface area contributed by atoms with Gasteiger partial charge in [0.25, 0.3) is 0 Å². The Morgan fingerprint density at radius 1 is 1.15 bits per heavy atom. The van der Waals surface area contributed by atoms with E-state index in [1.54, 1.807) is 0 Å². The summed E-state index contributed by atoms with van der Waals surface area (Å²) >= 11 is 0. The monoisotopic (exact) mass is 296 g/mol. The molecule has 1 aromatic heterocycles. The first kappa shape index (κ1) is 16.6. The molecule has 20 heavy (non-hydrogen) atoms. The van der Waals surface area contributed by atoms with Crippen LogP contribution in [-0.4, -0.2) is 28.1 Å². The second-order valence-corrected chi connectivity index (χ2v) is 4.37. The van der Waals surface area contributed by atoms with Gasteiger partial charge in [0.2, 0.25) is 11.7 Å². The molecule has 2 aromatic rings. The zero-order valence-electron chi connectivity index (χ0n) is 11.9. The van der Waals surface area contributed by atoms with E-state index in [2.05, 4.69) is 28.9 Å². The SMILES string of the molecule is CCN(CC)Cc1nc(-c2ccc(CN)cc2)no1.Cl. The average molecular weight is 297 g/mol. The maximum Gasteiger partial charge on any atom is 0.241 e. The minimum Gasteiger partial charge on any atom is -0.338 e. The van der Waals surface area contributed by atoms with Crippen LogP contribution < -0.4 is 5.73 Å². The van der Waals surface area contributed by atoms with Gasteiger partial charge in [-0.15, -0.1) is 12.4 Å². The van der Waals surface area contributed by atoms with Crippen molar-refractivity contribution in [1.29, 1.82) is 0 Å². The Labute approximate surface area is 125 Å². The van der Waals surface area contributed by atoms with E-state index in [0.29, 0.717) is 24.8 Å². The minimum atomic E-state index is 0. The Morgan fingerprint density at radius 3 is 2.35 bits per heavy atom. The Hall–Kier alpha value is -1.43. The van der Waals surface area contributed by atoms with E-state index in [1.807, 2.05) is 24.3 Å². The number of aromatic nitrogens is 2. The van der Waals surface area contributed by atoms with Gasteiger partial charge in [-0.3, -0.25) is 4.90 Å². The molecule has 5 nitrogen and oxygen atoms in total. The first-order chi connectivity index (χ1) is 9.26. The Kier molecular flexibility index (Phi) is 6.64. The smallest absolute Gasteiger partial charge is 0.241 e. The average Bonchev–Trinajstić information content (AvgIpc) is 2.93. The van der Waals surface area contributed by atoms with E-state index in [-0.39, 0.29) is 12.4 Å². The summed E-state index contributed by atoms with van der Waals surface area (Å²) in [6, 6.07) is 7.90. The van der Waals surface area contributed by atoms with Gasteiger partial charge in [0.1, 0.15) is 0 Å². The standard InChI is InChI=1S/C14H20N4O.ClH/c1-3-18(4-2)10-13-16-14(17-19-13)12-7-5-11(9-15)6-8-12;/h5-8H,3-4,9-10,15H2,1-2H3;1H. The summed E-state index contributed by atoms with van der Waals surface area (Å²) in [6.07, 6.45) is 0. The molecule has 6 heteroatoms. The predicted molar refractivity (Wildman–Crippen MR) is 81.5 cm³/mol. The van der Waals surface area contributed by atoms with Crippen LogP contribution in [-0.2, 0) is 13.1 Å². The second kappa shape index (κ2) is 7.99. The minimum absolute atomic E-state index is 0. The predicted octanol–water partition coefficient (Wildman–Crippen LogP) is 2.46. The molecule has 0 amide bonds. The molecule has 0 spiro atoms. The van der Waals surface area contributed by atoms with Gasteiger partial charge in [-0.2, -0.15) is 4.98 Å². The van der Waals surface area contributed by atoms with Gasteiger partial charge in [0.05, 0.1) is 6.54 Å². The molecule has 0 bridgehead atoms. The Balaban J connectivity index is 0.00000200. The van der Waals surface area contributed by atoms with Crippen molar-refractivity contribution in [2.24, 2.45) is 5.73 Å². The van der Waals surface area contributed by atoms with Crippen LogP contribution in [0.25, 0.3) is 11.4 Å². The van der Waals surface area contributed by atoms with Gasteiger partial charge in [-0.25, -0.2) is 0 Å². The van der Waals surface area contributed by atoms with E-state index in [1.165, 1.54) is 0 Å². The van der Waals surface area contributed by atoms with Crippen LogP contribution in [0, 0.1) is 0 Å². The second-order valence-electron chi connectivity index (χ2n) is 4.37. The van der Waals surface area contributed by atoms with Crippen LogP contribution in [0.4, 0.5) is 0 Å². The van der Waals surface area contributed by atoms with Crippen molar-refractivity contribution in [3.63, 3.8) is 0 Å². The van der Waals surface area contributed by atoms with E-state index in [9.17, 15) is 0 Å². The molecule has 0 aliphatic rings. The summed E-state index contributed by atoms with van der Waals surface area (Å²) in [6.45, 7) is 7.41. The fraction of sp³-hybridized carbons (Fsp3) is 0.429. The topological polar surface area (TPSA) is 68.2 Å². The molecule has 0 saturated heterocycles. The van der Waals surface area contributed by atoms with Crippen LogP contribution in [0.15, 0.2) is 28.8 Å². The summed E-state index contributed by atoms with van der Waals surface area (Å²) in [5.41, 5.74) is 7.62. The van der Waals surface area contributed by atoms with Crippen LogP contribution in [0.2, 0.25) is 0 Å². The summed E-state index contributed by atoms with van der Waals surface area (Å²) in [5.74, 6) is 1.28. The zero-order chi connectivity index (χ0) is 13.7. The third-order valence-electron chi connectivity index (χ3n) is 3.17. The molecule has 1 heterocycles. The van der Waals surface area contributed by atoms with Crippen molar-refractivity contribution in [2.45, 2.75) is 26.9 Å². The first-order valence-electron chi connectivity index (χ1n) is 6.61. The van der Waals surface area contributed by atoms with Crippen molar-refractivity contribution < 1.29 is 4.52 Å². The van der Waals surface area contributed by atoms with Gasteiger partial charge >= 0.3 is 0 Å². The zero-order valence-corrected chi connectivity index (χ0v) is 12.7. The highest BCUT2D eigenvalue weighted by molar-refractivity contribution is 5.85. The molecule has 2 N–H and O–H groups in total. The van der Waals surface area contributed by atoms with E-state index in [0.717, 1.165) is 24.2 Å². The van der Waals surface area contributed by atoms with E-state index in [4.69, 9.17) is 10.3 Å². The van der Waals surface area contributed by atoms with Crippen LogP contribution in [0.1, 0.15) is 25.3 Å². The fourth-order valence-corrected chi connectivity index (χ4v) is 1.86. The summed E-state index contributed by atoms with van der Waals surface area (Å²) in [5, 5.41) is 4.02. The number of nitrogens with two attached hydrogens (primary N) is 1. The summed E-state index contributed by atoms with van der Waals surface area (Å²) in [4.78, 5) is 6.65. The molecule has 0 aliphatic carbocycles. The number of benzene rings is 1. The Bertz CT molecular complexity index is 508. The lowest BCUT2D eigenvalue weighted by Gasteiger charge is -2.14. The lowest BCUT2D eigenvalue weighted by Crippen LogP contribution is -2.22. The molecular weight excluding hydrogens is 276 g/mol. The maximum absolute atomic E-state index is 5.57. The number of rotatable bonds is 6. The van der Waals surface area contributed by atoms with Gasteiger partial charge in [0, 0.05) is 12.1 Å². The third-order valence-corrected chi connectivity index (χ3v) is 3.17. The molecule has 0 atom stereocenters. The molecule has 2 rings (SSSR count). The van der Waals surface area contributed by atoms with Crippen LogP contribution in [0.3, 0.4) is 0 Å².